The average Bonchev–Trinajstić information content (AvgIpc) is 2.31. The molecule has 1 aromatic rings. The number of phenolic OH excluding ortho intramolecular Hbond substituents is 2. The Morgan fingerprint density at radius 2 is 1.89 bits per heavy atom. The van der Waals surface area contributed by atoms with Gasteiger partial charge in [0.1, 0.15) is 5.54 Å². The van der Waals surface area contributed by atoms with E-state index in [-0.39, 0.29) is 23.3 Å². The largest absolute Gasteiger partial charge is 0.504 e. The first-order chi connectivity index (χ1) is 8.65. The molecule has 0 aliphatic heterocycles. The minimum Gasteiger partial charge on any atom is -0.504 e. The van der Waals surface area contributed by atoms with Crippen LogP contribution in [0.5, 0.6) is 11.5 Å². The van der Waals surface area contributed by atoms with E-state index in [1.54, 1.807) is 6.07 Å². The molecule has 0 aromatic heterocycles. The Morgan fingerprint density at radius 3 is 2.37 bits per heavy atom. The molecular weight excluding hydrogens is 246 g/mol. The second-order valence-corrected chi connectivity index (χ2v) is 5.44. The number of aliphatic carboxylic acids is 1. The molecule has 0 bridgehead atoms. The summed E-state index contributed by atoms with van der Waals surface area (Å²) in [6.07, 6.45) is 0.325. The van der Waals surface area contributed by atoms with Gasteiger partial charge in [0, 0.05) is 0 Å². The highest BCUT2D eigenvalue weighted by atomic mass is 16.4. The highest BCUT2D eigenvalue weighted by Gasteiger charge is 2.32. The fourth-order valence-corrected chi connectivity index (χ4v) is 2.09. The number of phenols is 2. The number of carboxylic acids is 1. The molecule has 5 N–H and O–H groups in total. The quantitative estimate of drug-likeness (QED) is 0.611. The van der Waals surface area contributed by atoms with E-state index in [2.05, 4.69) is 0 Å². The molecule has 106 valence electrons. The molecule has 0 heterocycles. The van der Waals surface area contributed by atoms with Crippen LogP contribution in [-0.4, -0.2) is 26.8 Å². The summed E-state index contributed by atoms with van der Waals surface area (Å²) in [6, 6.07) is 4.63. The summed E-state index contributed by atoms with van der Waals surface area (Å²) in [7, 11) is 0. The highest BCUT2D eigenvalue weighted by Crippen LogP contribution is 2.34. The fraction of sp³-hybridized carbons (Fsp3) is 0.500. The molecule has 0 fully saturated rings. The molecule has 0 aliphatic carbocycles. The van der Waals surface area contributed by atoms with Gasteiger partial charge in [0.05, 0.1) is 0 Å². The predicted molar refractivity (Wildman–Crippen MR) is 72.2 cm³/mol. The third-order valence-corrected chi connectivity index (χ3v) is 3.61. The SMILES string of the molecule is CC(CC(C)(N)C(=O)O)C(C)c1ccc(O)c(O)c1. The molecule has 0 saturated heterocycles. The Bertz CT molecular complexity index is 471. The first-order valence-electron chi connectivity index (χ1n) is 6.19. The van der Waals surface area contributed by atoms with Gasteiger partial charge in [-0.05, 0) is 42.9 Å². The van der Waals surface area contributed by atoms with Gasteiger partial charge >= 0.3 is 5.97 Å². The van der Waals surface area contributed by atoms with Crippen molar-refractivity contribution in [2.75, 3.05) is 0 Å². The van der Waals surface area contributed by atoms with Crippen LogP contribution in [0.25, 0.3) is 0 Å². The summed E-state index contributed by atoms with van der Waals surface area (Å²) in [5.41, 5.74) is 5.31. The number of rotatable bonds is 5. The summed E-state index contributed by atoms with van der Waals surface area (Å²) in [4.78, 5) is 11.0. The molecule has 1 aromatic carbocycles. The lowest BCUT2D eigenvalue weighted by Crippen LogP contribution is -2.46. The van der Waals surface area contributed by atoms with Gasteiger partial charge in [-0.15, -0.1) is 0 Å². The van der Waals surface area contributed by atoms with E-state index in [1.165, 1.54) is 19.1 Å². The summed E-state index contributed by atoms with van der Waals surface area (Å²) >= 11 is 0. The summed E-state index contributed by atoms with van der Waals surface area (Å²) in [5, 5.41) is 27.8. The van der Waals surface area contributed by atoms with Gasteiger partial charge in [-0.3, -0.25) is 4.79 Å². The molecule has 1 rings (SSSR count). The molecule has 3 unspecified atom stereocenters. The minimum atomic E-state index is -1.27. The van der Waals surface area contributed by atoms with E-state index in [0.29, 0.717) is 6.42 Å². The first-order valence-corrected chi connectivity index (χ1v) is 6.19. The van der Waals surface area contributed by atoms with E-state index >= 15 is 0 Å². The van der Waals surface area contributed by atoms with E-state index in [1.807, 2.05) is 13.8 Å². The topological polar surface area (TPSA) is 104 Å². The Morgan fingerprint density at radius 1 is 1.32 bits per heavy atom. The van der Waals surface area contributed by atoms with E-state index < -0.39 is 11.5 Å². The van der Waals surface area contributed by atoms with Crippen LogP contribution >= 0.6 is 0 Å². The number of benzene rings is 1. The molecule has 0 saturated carbocycles. The van der Waals surface area contributed by atoms with Crippen LogP contribution in [0.15, 0.2) is 18.2 Å². The summed E-state index contributed by atoms with van der Waals surface area (Å²) < 4.78 is 0. The van der Waals surface area contributed by atoms with Crippen molar-refractivity contribution in [1.82, 2.24) is 0 Å². The van der Waals surface area contributed by atoms with E-state index in [0.717, 1.165) is 5.56 Å². The van der Waals surface area contributed by atoms with Crippen LogP contribution in [0, 0.1) is 5.92 Å². The maximum Gasteiger partial charge on any atom is 0.323 e. The molecule has 5 heteroatoms. The van der Waals surface area contributed by atoms with E-state index in [4.69, 9.17) is 10.8 Å². The van der Waals surface area contributed by atoms with Crippen LogP contribution in [0.3, 0.4) is 0 Å². The Balaban J connectivity index is 2.85. The highest BCUT2D eigenvalue weighted by molar-refractivity contribution is 5.77. The van der Waals surface area contributed by atoms with Gasteiger partial charge in [-0.2, -0.15) is 0 Å². The lowest BCUT2D eigenvalue weighted by molar-refractivity contribution is -0.143. The van der Waals surface area contributed by atoms with Crippen molar-refractivity contribution in [3.8, 4) is 11.5 Å². The fourth-order valence-electron chi connectivity index (χ4n) is 2.09. The van der Waals surface area contributed by atoms with Gasteiger partial charge in [-0.1, -0.05) is 19.9 Å². The monoisotopic (exact) mass is 267 g/mol. The van der Waals surface area contributed by atoms with Crippen molar-refractivity contribution in [2.24, 2.45) is 11.7 Å². The van der Waals surface area contributed by atoms with Gasteiger partial charge < -0.3 is 21.1 Å². The van der Waals surface area contributed by atoms with Crippen LogP contribution in [0.2, 0.25) is 0 Å². The molecule has 0 spiro atoms. The molecule has 5 nitrogen and oxygen atoms in total. The number of hydrogen-bond acceptors (Lipinski definition) is 4. The lowest BCUT2D eigenvalue weighted by Gasteiger charge is -2.27. The van der Waals surface area contributed by atoms with Crippen molar-refractivity contribution < 1.29 is 20.1 Å². The molecule has 0 amide bonds. The Hall–Kier alpha value is -1.75. The first kappa shape index (κ1) is 15.3. The third-order valence-electron chi connectivity index (χ3n) is 3.61. The zero-order chi connectivity index (χ0) is 14.8. The maximum atomic E-state index is 11.0. The van der Waals surface area contributed by atoms with Crippen molar-refractivity contribution in [2.45, 2.75) is 38.6 Å². The zero-order valence-electron chi connectivity index (χ0n) is 11.4. The number of aromatic hydroxyl groups is 2. The third kappa shape index (κ3) is 3.61. The standard InChI is InChI=1S/C14H21NO4/c1-8(7-14(3,15)13(18)19)9(2)10-4-5-11(16)12(17)6-10/h4-6,8-9,16-17H,7,15H2,1-3H3,(H,18,19). The van der Waals surface area contributed by atoms with Gasteiger partial charge in [-0.25, -0.2) is 0 Å². The number of hydrogen-bond donors (Lipinski definition) is 4. The number of nitrogens with two attached hydrogens (primary N) is 1. The van der Waals surface area contributed by atoms with E-state index in [9.17, 15) is 15.0 Å². The molecule has 19 heavy (non-hydrogen) atoms. The minimum absolute atomic E-state index is 0.0220. The Labute approximate surface area is 112 Å². The second-order valence-electron chi connectivity index (χ2n) is 5.44. The van der Waals surface area contributed by atoms with Crippen molar-refractivity contribution >= 4 is 5.97 Å². The smallest absolute Gasteiger partial charge is 0.323 e. The maximum absolute atomic E-state index is 11.0. The molecule has 3 atom stereocenters. The van der Waals surface area contributed by atoms with Crippen molar-refractivity contribution in [3.05, 3.63) is 23.8 Å². The van der Waals surface area contributed by atoms with Gasteiger partial charge in [0.15, 0.2) is 11.5 Å². The van der Waals surface area contributed by atoms with Crippen LogP contribution in [0.4, 0.5) is 0 Å². The van der Waals surface area contributed by atoms with Crippen molar-refractivity contribution in [3.63, 3.8) is 0 Å². The summed E-state index contributed by atoms with van der Waals surface area (Å²) in [6.45, 7) is 5.35. The number of carboxylic acid groups (broad SMARTS) is 1. The average molecular weight is 267 g/mol. The van der Waals surface area contributed by atoms with Crippen molar-refractivity contribution in [1.29, 1.82) is 0 Å². The molecular formula is C14H21NO4. The van der Waals surface area contributed by atoms with Crippen LogP contribution < -0.4 is 5.73 Å². The van der Waals surface area contributed by atoms with Gasteiger partial charge in [0.25, 0.3) is 0 Å². The second kappa shape index (κ2) is 5.48. The predicted octanol–water partition coefficient (Wildman–Crippen LogP) is 2.03. The normalized spacial score (nSPS) is 17.5. The van der Waals surface area contributed by atoms with Gasteiger partial charge in [0.2, 0.25) is 0 Å². The Kier molecular flexibility index (Phi) is 4.42. The summed E-state index contributed by atoms with van der Waals surface area (Å²) in [5.74, 6) is -1.33. The molecule has 0 radical (unpaired) electrons. The zero-order valence-corrected chi connectivity index (χ0v) is 11.4. The van der Waals surface area contributed by atoms with Crippen LogP contribution in [-0.2, 0) is 4.79 Å². The molecule has 0 aliphatic rings. The number of carbonyl (C=O) groups is 1. The lowest BCUT2D eigenvalue weighted by atomic mass is 9.80. The van der Waals surface area contributed by atoms with Crippen LogP contribution in [0.1, 0.15) is 38.7 Å².